The maximum absolute atomic E-state index is 12.0. The summed E-state index contributed by atoms with van der Waals surface area (Å²) in [5.41, 5.74) is 1.72. The molecule has 0 saturated carbocycles. The number of carbonyl (C=O) groups excluding carboxylic acids is 2. The third-order valence-corrected chi connectivity index (χ3v) is 3.20. The van der Waals surface area contributed by atoms with Crippen LogP contribution >= 0.6 is 0 Å². The number of amides is 2. The zero-order valence-corrected chi connectivity index (χ0v) is 11.2. The number of hydrogen-bond acceptors (Lipinski definition) is 4. The van der Waals surface area contributed by atoms with Gasteiger partial charge in [-0.15, -0.1) is 0 Å². The number of nitrogens with zero attached hydrogens (tertiary/aromatic N) is 3. The number of likely N-dealkylation sites (N-methyl/N-ethyl adjacent to an activating group) is 1. The van der Waals surface area contributed by atoms with Crippen molar-refractivity contribution in [2.24, 2.45) is 0 Å². The molecule has 6 heteroatoms. The number of pyridine rings is 1. The summed E-state index contributed by atoms with van der Waals surface area (Å²) in [6, 6.07) is 3.73. The van der Waals surface area contributed by atoms with Crippen molar-refractivity contribution in [2.45, 2.75) is 13.5 Å². The summed E-state index contributed by atoms with van der Waals surface area (Å²) in [5.74, 6) is -0.0371. The molecule has 2 heterocycles. The first-order valence-electron chi connectivity index (χ1n) is 6.32. The molecular weight excluding hydrogens is 244 g/mol. The Balaban J connectivity index is 2.06. The Kier molecular flexibility index (Phi) is 3.99. The molecular formula is C13H18N4O2. The molecule has 0 aliphatic carbocycles. The fourth-order valence-electron chi connectivity index (χ4n) is 2.05. The second-order valence-electron chi connectivity index (χ2n) is 4.44. The van der Waals surface area contributed by atoms with Crippen molar-refractivity contribution in [3.63, 3.8) is 0 Å². The Morgan fingerprint density at radius 2 is 1.95 bits per heavy atom. The predicted octanol–water partition coefficient (Wildman–Crippen LogP) is 0.314. The lowest BCUT2D eigenvalue weighted by molar-refractivity contribution is -0.150. The van der Waals surface area contributed by atoms with Gasteiger partial charge in [-0.05, 0) is 19.1 Å². The SMILES string of the molecule is CCN1CC(=O)N(Cc2cc(NC)ccn2)CC1=O. The average Bonchev–Trinajstić information content (AvgIpc) is 2.42. The minimum atomic E-state index is -0.0295. The highest BCUT2D eigenvalue weighted by molar-refractivity contribution is 5.92. The highest BCUT2D eigenvalue weighted by Gasteiger charge is 2.28. The number of carbonyl (C=O) groups is 2. The zero-order chi connectivity index (χ0) is 13.8. The van der Waals surface area contributed by atoms with E-state index in [1.165, 1.54) is 0 Å². The summed E-state index contributed by atoms with van der Waals surface area (Å²) in [6.07, 6.45) is 1.69. The lowest BCUT2D eigenvalue weighted by Gasteiger charge is -2.33. The van der Waals surface area contributed by atoms with Crippen LogP contribution in [0.15, 0.2) is 18.3 Å². The summed E-state index contributed by atoms with van der Waals surface area (Å²) in [4.78, 5) is 31.1. The summed E-state index contributed by atoms with van der Waals surface area (Å²) in [6.45, 7) is 3.13. The van der Waals surface area contributed by atoms with Crippen molar-refractivity contribution in [3.8, 4) is 0 Å². The number of hydrogen-bond donors (Lipinski definition) is 1. The van der Waals surface area contributed by atoms with Crippen LogP contribution in [0.25, 0.3) is 0 Å². The van der Waals surface area contributed by atoms with Crippen LogP contribution in [-0.4, -0.2) is 53.3 Å². The van der Waals surface area contributed by atoms with Crippen LogP contribution in [0.2, 0.25) is 0 Å². The van der Waals surface area contributed by atoms with Gasteiger partial charge in [-0.2, -0.15) is 0 Å². The van der Waals surface area contributed by atoms with E-state index in [0.29, 0.717) is 13.1 Å². The highest BCUT2D eigenvalue weighted by Crippen LogP contribution is 2.12. The van der Waals surface area contributed by atoms with Gasteiger partial charge in [-0.3, -0.25) is 14.6 Å². The topological polar surface area (TPSA) is 65.5 Å². The van der Waals surface area contributed by atoms with Gasteiger partial charge in [0.2, 0.25) is 11.8 Å². The molecule has 2 rings (SSSR count). The van der Waals surface area contributed by atoms with E-state index in [1.54, 1.807) is 16.0 Å². The van der Waals surface area contributed by atoms with Crippen LogP contribution in [0.4, 0.5) is 5.69 Å². The number of anilines is 1. The van der Waals surface area contributed by atoms with Gasteiger partial charge in [0, 0.05) is 25.5 Å². The smallest absolute Gasteiger partial charge is 0.243 e. The van der Waals surface area contributed by atoms with Crippen LogP contribution in [0.1, 0.15) is 12.6 Å². The molecule has 0 unspecified atom stereocenters. The van der Waals surface area contributed by atoms with E-state index >= 15 is 0 Å². The normalized spacial score (nSPS) is 15.9. The molecule has 2 amide bonds. The van der Waals surface area contributed by atoms with Crippen LogP contribution in [0, 0.1) is 0 Å². The number of aromatic nitrogens is 1. The summed E-state index contributed by atoms with van der Waals surface area (Å²) in [7, 11) is 1.83. The molecule has 0 spiro atoms. The van der Waals surface area contributed by atoms with E-state index in [-0.39, 0.29) is 24.9 Å². The van der Waals surface area contributed by atoms with Crippen molar-refractivity contribution in [1.82, 2.24) is 14.8 Å². The molecule has 0 atom stereocenters. The standard InChI is InChI=1S/C13H18N4O2/c1-3-16-8-13(19)17(9-12(16)18)7-11-6-10(14-2)4-5-15-11/h4-6H,3,7-9H2,1-2H3,(H,14,15). The third kappa shape index (κ3) is 3.01. The van der Waals surface area contributed by atoms with Gasteiger partial charge in [0.15, 0.2) is 0 Å². The summed E-state index contributed by atoms with van der Waals surface area (Å²) >= 11 is 0. The molecule has 0 radical (unpaired) electrons. The molecule has 6 nitrogen and oxygen atoms in total. The molecule has 1 aliphatic rings. The Morgan fingerprint density at radius 1 is 1.26 bits per heavy atom. The van der Waals surface area contributed by atoms with E-state index < -0.39 is 0 Å². The molecule has 1 saturated heterocycles. The van der Waals surface area contributed by atoms with Crippen LogP contribution in [0.5, 0.6) is 0 Å². The minimum Gasteiger partial charge on any atom is -0.388 e. The summed E-state index contributed by atoms with van der Waals surface area (Å²) < 4.78 is 0. The number of rotatable bonds is 4. The van der Waals surface area contributed by atoms with E-state index in [0.717, 1.165) is 11.4 Å². The van der Waals surface area contributed by atoms with E-state index in [9.17, 15) is 9.59 Å². The lowest BCUT2D eigenvalue weighted by atomic mass is 10.2. The Bertz CT molecular complexity index is 489. The maximum Gasteiger partial charge on any atom is 0.243 e. The average molecular weight is 262 g/mol. The Hall–Kier alpha value is -2.11. The van der Waals surface area contributed by atoms with E-state index in [1.807, 2.05) is 26.1 Å². The Labute approximate surface area is 112 Å². The first-order valence-corrected chi connectivity index (χ1v) is 6.32. The van der Waals surface area contributed by atoms with Crippen molar-refractivity contribution < 1.29 is 9.59 Å². The molecule has 102 valence electrons. The quantitative estimate of drug-likeness (QED) is 0.848. The van der Waals surface area contributed by atoms with Gasteiger partial charge in [-0.1, -0.05) is 0 Å². The van der Waals surface area contributed by atoms with Gasteiger partial charge in [0.05, 0.1) is 18.8 Å². The van der Waals surface area contributed by atoms with E-state index in [4.69, 9.17) is 0 Å². The molecule has 1 N–H and O–H groups in total. The fourth-order valence-corrected chi connectivity index (χ4v) is 2.05. The van der Waals surface area contributed by atoms with Crippen LogP contribution < -0.4 is 5.32 Å². The molecule has 1 aliphatic heterocycles. The largest absolute Gasteiger partial charge is 0.388 e. The number of nitrogens with one attached hydrogen (secondary N) is 1. The van der Waals surface area contributed by atoms with Gasteiger partial charge >= 0.3 is 0 Å². The third-order valence-electron chi connectivity index (χ3n) is 3.20. The second-order valence-corrected chi connectivity index (χ2v) is 4.44. The molecule has 19 heavy (non-hydrogen) atoms. The maximum atomic E-state index is 12.0. The summed E-state index contributed by atoms with van der Waals surface area (Å²) in [5, 5.41) is 3.02. The number of piperazine rings is 1. The molecule has 0 bridgehead atoms. The van der Waals surface area contributed by atoms with Gasteiger partial charge < -0.3 is 15.1 Å². The van der Waals surface area contributed by atoms with Gasteiger partial charge in [0.25, 0.3) is 0 Å². The lowest BCUT2D eigenvalue weighted by Crippen LogP contribution is -2.53. The monoisotopic (exact) mass is 262 g/mol. The molecule has 1 aromatic rings. The first kappa shape index (κ1) is 13.3. The minimum absolute atomic E-state index is 0.00753. The highest BCUT2D eigenvalue weighted by atomic mass is 16.2. The molecule has 1 aromatic heterocycles. The van der Waals surface area contributed by atoms with Crippen molar-refractivity contribution in [3.05, 3.63) is 24.0 Å². The fraction of sp³-hybridized carbons (Fsp3) is 0.462. The molecule has 0 aromatic carbocycles. The first-order chi connectivity index (χ1) is 9.13. The van der Waals surface area contributed by atoms with Gasteiger partial charge in [0.1, 0.15) is 6.54 Å². The van der Waals surface area contributed by atoms with Crippen LogP contribution in [0.3, 0.4) is 0 Å². The van der Waals surface area contributed by atoms with Crippen LogP contribution in [-0.2, 0) is 16.1 Å². The zero-order valence-electron chi connectivity index (χ0n) is 11.2. The molecule has 1 fully saturated rings. The van der Waals surface area contributed by atoms with Crippen molar-refractivity contribution in [2.75, 3.05) is 32.0 Å². The van der Waals surface area contributed by atoms with Crippen molar-refractivity contribution in [1.29, 1.82) is 0 Å². The van der Waals surface area contributed by atoms with Crippen molar-refractivity contribution >= 4 is 17.5 Å². The predicted molar refractivity (Wildman–Crippen MR) is 71.5 cm³/mol. The Morgan fingerprint density at radius 3 is 2.63 bits per heavy atom. The van der Waals surface area contributed by atoms with E-state index in [2.05, 4.69) is 10.3 Å². The second kappa shape index (κ2) is 5.69. The van der Waals surface area contributed by atoms with Gasteiger partial charge in [-0.25, -0.2) is 0 Å².